The molecule has 4 nitrogen and oxygen atoms in total. The fraction of sp³-hybridized carbons (Fsp3) is 0.154. The molecule has 0 fully saturated rings. The van der Waals surface area contributed by atoms with Gasteiger partial charge in [0.15, 0.2) is 5.13 Å². The highest BCUT2D eigenvalue weighted by Crippen LogP contribution is 2.45. The van der Waals surface area contributed by atoms with Gasteiger partial charge in [-0.3, -0.25) is 4.79 Å². The normalized spacial score (nSPS) is 13.0. The van der Waals surface area contributed by atoms with E-state index in [1.807, 2.05) is 48.5 Å². The van der Waals surface area contributed by atoms with E-state index in [-0.39, 0.29) is 29.7 Å². The van der Waals surface area contributed by atoms with E-state index in [2.05, 4.69) is 10.3 Å². The summed E-state index contributed by atoms with van der Waals surface area (Å²) in [5, 5.41) is 2.88. The van der Waals surface area contributed by atoms with Gasteiger partial charge in [0, 0.05) is 41.0 Å². The molecule has 0 atom stereocenters. The second-order valence-corrected chi connectivity index (χ2v) is 9.63. The van der Waals surface area contributed by atoms with Crippen LogP contribution in [-0.2, 0) is 17.4 Å². The third-order valence-corrected chi connectivity index (χ3v) is 6.96. The van der Waals surface area contributed by atoms with Gasteiger partial charge in [0.1, 0.15) is 11.5 Å². The van der Waals surface area contributed by atoms with Gasteiger partial charge in [-0.2, -0.15) is 13.2 Å². The molecule has 0 bridgehead atoms. The molecule has 9 heteroatoms. The average Bonchev–Trinajstić information content (AvgIpc) is 3.26. The second-order valence-electron chi connectivity index (χ2n) is 8.10. The van der Waals surface area contributed by atoms with Crippen LogP contribution in [0, 0.1) is 0 Å². The van der Waals surface area contributed by atoms with Gasteiger partial charge in [-0.15, -0.1) is 11.3 Å². The van der Waals surface area contributed by atoms with E-state index in [0.29, 0.717) is 10.7 Å². The maximum Gasteiger partial charge on any atom is 0.417 e. The van der Waals surface area contributed by atoms with Gasteiger partial charge >= 0.3 is 6.18 Å². The Balaban J connectivity index is 1.30. The summed E-state index contributed by atoms with van der Waals surface area (Å²) in [5.74, 6) is 1.06. The number of benzene rings is 3. The van der Waals surface area contributed by atoms with Gasteiger partial charge in [0.25, 0.3) is 0 Å². The van der Waals surface area contributed by atoms with Crippen LogP contribution in [-0.4, -0.2) is 10.9 Å². The number of carbonyl (C=O) groups excluding carboxylic acids is 1. The molecule has 1 aliphatic heterocycles. The van der Waals surface area contributed by atoms with E-state index in [1.54, 1.807) is 12.3 Å². The minimum absolute atomic E-state index is 0.176. The van der Waals surface area contributed by atoms with E-state index in [9.17, 15) is 18.0 Å². The van der Waals surface area contributed by atoms with Gasteiger partial charge < -0.3 is 10.1 Å². The van der Waals surface area contributed by atoms with Gasteiger partial charge in [-0.25, -0.2) is 4.98 Å². The lowest BCUT2D eigenvalue weighted by molar-refractivity contribution is -0.137. The number of para-hydroxylation sites is 2. The van der Waals surface area contributed by atoms with Crippen LogP contribution in [0.4, 0.5) is 18.3 Å². The summed E-state index contributed by atoms with van der Waals surface area (Å²) in [6.07, 6.45) is -2.53. The number of anilines is 1. The van der Waals surface area contributed by atoms with Crippen molar-refractivity contribution in [2.75, 3.05) is 5.32 Å². The van der Waals surface area contributed by atoms with Crippen molar-refractivity contribution in [1.82, 2.24) is 4.98 Å². The number of nitrogens with one attached hydrogen (secondary N) is 1. The Morgan fingerprint density at radius 2 is 1.69 bits per heavy atom. The number of ether oxygens (including phenoxy) is 1. The van der Waals surface area contributed by atoms with Crippen LogP contribution in [0.5, 0.6) is 11.5 Å². The zero-order valence-corrected chi connectivity index (χ0v) is 19.7. The largest absolute Gasteiger partial charge is 0.457 e. The van der Waals surface area contributed by atoms with Gasteiger partial charge in [-0.1, -0.05) is 54.1 Å². The molecule has 1 amide bonds. The van der Waals surface area contributed by atoms with Crippen molar-refractivity contribution < 1.29 is 22.7 Å². The molecule has 178 valence electrons. The van der Waals surface area contributed by atoms with Crippen molar-refractivity contribution in [3.05, 3.63) is 105 Å². The van der Waals surface area contributed by atoms with Crippen molar-refractivity contribution in [3.8, 4) is 11.5 Å². The molecular weight excluding hydrogens is 497 g/mol. The monoisotopic (exact) mass is 514 g/mol. The highest BCUT2D eigenvalue weighted by atomic mass is 35.5. The molecule has 35 heavy (non-hydrogen) atoms. The molecule has 5 rings (SSSR count). The van der Waals surface area contributed by atoms with Crippen molar-refractivity contribution >= 4 is 34.0 Å². The molecule has 1 aromatic heterocycles. The number of amides is 1. The molecule has 3 aromatic carbocycles. The summed E-state index contributed by atoms with van der Waals surface area (Å²) in [6, 6.07) is 19.1. The highest BCUT2D eigenvalue weighted by molar-refractivity contribution is 7.15. The maximum absolute atomic E-state index is 13.1. The molecule has 0 radical (unpaired) electrons. The quantitative estimate of drug-likeness (QED) is 0.297. The Bertz CT molecular complexity index is 1360. The molecule has 0 unspecified atom stereocenters. The summed E-state index contributed by atoms with van der Waals surface area (Å²) >= 11 is 6.93. The number of halogens is 4. The number of rotatable bonds is 5. The number of nitrogens with zero attached hydrogens (tertiary/aromatic N) is 1. The Labute approximate surface area is 208 Å². The van der Waals surface area contributed by atoms with Crippen LogP contribution in [0.2, 0.25) is 5.02 Å². The standard InChI is InChI=1S/C26H18ClF3N2O2S/c27-21-10-9-15(12-20(21)26(28,29)30)11-16-14-31-25(35-16)32-24(33)13-19-17-5-1-3-7-22(17)34-23-8-4-2-6-18(19)23/h1-10,12,14,19H,11,13H2,(H,31,32,33). The molecule has 0 saturated heterocycles. The highest BCUT2D eigenvalue weighted by Gasteiger charge is 2.33. The molecule has 0 spiro atoms. The Morgan fingerprint density at radius 1 is 1.03 bits per heavy atom. The Kier molecular flexibility index (Phi) is 6.25. The van der Waals surface area contributed by atoms with Crippen LogP contribution in [0.1, 0.15) is 39.5 Å². The Hall–Kier alpha value is -3.36. The summed E-state index contributed by atoms with van der Waals surface area (Å²) in [5.41, 5.74) is 1.46. The summed E-state index contributed by atoms with van der Waals surface area (Å²) in [7, 11) is 0. The van der Waals surface area contributed by atoms with E-state index >= 15 is 0 Å². The van der Waals surface area contributed by atoms with E-state index in [1.165, 1.54) is 17.4 Å². The SMILES string of the molecule is O=C(CC1c2ccccc2Oc2ccccc21)Nc1ncc(Cc2ccc(Cl)c(C(F)(F)F)c2)s1. The van der Waals surface area contributed by atoms with Crippen LogP contribution >= 0.6 is 22.9 Å². The predicted octanol–water partition coefficient (Wildman–Crippen LogP) is 7.67. The van der Waals surface area contributed by atoms with Crippen molar-refractivity contribution in [1.29, 1.82) is 0 Å². The Morgan fingerprint density at radius 3 is 2.34 bits per heavy atom. The minimum Gasteiger partial charge on any atom is -0.457 e. The number of hydrogen-bond acceptors (Lipinski definition) is 4. The van der Waals surface area contributed by atoms with E-state index < -0.39 is 11.7 Å². The van der Waals surface area contributed by atoms with Crippen LogP contribution in [0.3, 0.4) is 0 Å². The fourth-order valence-corrected chi connectivity index (χ4v) is 5.22. The third-order valence-electron chi connectivity index (χ3n) is 5.71. The van der Waals surface area contributed by atoms with Gasteiger partial charge in [0.05, 0.1) is 10.6 Å². The molecule has 1 N–H and O–H groups in total. The number of thiazole rings is 1. The number of aromatic nitrogens is 1. The van der Waals surface area contributed by atoms with Crippen LogP contribution in [0.15, 0.2) is 72.9 Å². The third kappa shape index (κ3) is 5.04. The predicted molar refractivity (Wildman–Crippen MR) is 129 cm³/mol. The van der Waals surface area contributed by atoms with Crippen molar-refractivity contribution in [2.24, 2.45) is 0 Å². The average molecular weight is 515 g/mol. The van der Waals surface area contributed by atoms with Gasteiger partial charge in [-0.05, 0) is 29.8 Å². The first kappa shape index (κ1) is 23.4. The first-order valence-electron chi connectivity index (χ1n) is 10.7. The topological polar surface area (TPSA) is 51.2 Å². The van der Waals surface area contributed by atoms with Crippen molar-refractivity contribution in [2.45, 2.75) is 24.9 Å². The van der Waals surface area contributed by atoms with Gasteiger partial charge in [0.2, 0.25) is 5.91 Å². The number of hydrogen-bond donors (Lipinski definition) is 1. The number of carbonyl (C=O) groups is 1. The zero-order chi connectivity index (χ0) is 24.6. The summed E-state index contributed by atoms with van der Waals surface area (Å²) < 4.78 is 45.4. The van der Waals surface area contributed by atoms with Crippen molar-refractivity contribution in [3.63, 3.8) is 0 Å². The zero-order valence-electron chi connectivity index (χ0n) is 18.1. The molecule has 2 heterocycles. The smallest absolute Gasteiger partial charge is 0.417 e. The molecule has 1 aliphatic rings. The summed E-state index contributed by atoms with van der Waals surface area (Å²) in [4.78, 5) is 17.9. The number of alkyl halides is 3. The summed E-state index contributed by atoms with van der Waals surface area (Å²) in [6.45, 7) is 0. The van der Waals surface area contributed by atoms with E-state index in [0.717, 1.165) is 33.6 Å². The van der Waals surface area contributed by atoms with E-state index in [4.69, 9.17) is 16.3 Å². The fourth-order valence-electron chi connectivity index (χ4n) is 4.13. The number of fused-ring (bicyclic) bond motifs is 2. The second kappa shape index (κ2) is 9.36. The first-order valence-corrected chi connectivity index (χ1v) is 11.9. The first-order chi connectivity index (χ1) is 16.8. The molecule has 0 aliphatic carbocycles. The molecular formula is C26H18ClF3N2O2S. The molecule has 4 aromatic rings. The lowest BCUT2D eigenvalue weighted by Gasteiger charge is -2.27. The maximum atomic E-state index is 13.1. The van der Waals surface area contributed by atoms with Crippen LogP contribution in [0.25, 0.3) is 0 Å². The lowest BCUT2D eigenvalue weighted by Crippen LogP contribution is -2.19. The molecule has 0 saturated carbocycles. The minimum atomic E-state index is -4.53. The van der Waals surface area contributed by atoms with Crippen LogP contribution < -0.4 is 10.1 Å². The lowest BCUT2D eigenvalue weighted by atomic mass is 9.85.